The lowest BCUT2D eigenvalue weighted by molar-refractivity contribution is 0.355. The highest BCUT2D eigenvalue weighted by molar-refractivity contribution is 6.36. The van der Waals surface area contributed by atoms with E-state index < -0.39 is 0 Å². The highest BCUT2D eigenvalue weighted by Crippen LogP contribution is 2.48. The van der Waals surface area contributed by atoms with Crippen LogP contribution in [0.3, 0.4) is 0 Å². The zero-order valence-electron chi connectivity index (χ0n) is 22.4. The van der Waals surface area contributed by atoms with Crippen LogP contribution in [-0.4, -0.2) is 28.4 Å². The maximum Gasteiger partial charge on any atom is 0.220 e. The van der Waals surface area contributed by atoms with Crippen LogP contribution in [0.25, 0.3) is 65.9 Å². The molecule has 7 aromatic rings. The number of furan rings is 1. The highest BCUT2D eigenvalue weighted by Gasteiger charge is 2.25. The number of ether oxygens (including phenoxy) is 4. The third kappa shape index (κ3) is 3.27. The average molecular weight is 532 g/mol. The number of methoxy groups -OCH3 is 4. The second kappa shape index (κ2) is 8.95. The lowest BCUT2D eigenvalue weighted by Crippen LogP contribution is -2.05. The van der Waals surface area contributed by atoms with Gasteiger partial charge >= 0.3 is 0 Å². The minimum Gasteiger partial charge on any atom is -0.493 e. The van der Waals surface area contributed by atoms with Gasteiger partial charge in [0, 0.05) is 27.1 Å². The van der Waals surface area contributed by atoms with Gasteiger partial charge in [-0.15, -0.1) is 0 Å². The van der Waals surface area contributed by atoms with Crippen molar-refractivity contribution in [1.29, 1.82) is 5.41 Å². The Labute approximate surface area is 228 Å². The molecule has 0 fully saturated rings. The fraction of sp³-hybridized carbons (Fsp3) is 0.121. The van der Waals surface area contributed by atoms with Gasteiger partial charge in [0.1, 0.15) is 16.9 Å². The van der Waals surface area contributed by atoms with Crippen molar-refractivity contribution in [1.82, 2.24) is 0 Å². The molecule has 7 heteroatoms. The van der Waals surface area contributed by atoms with Crippen LogP contribution < -0.4 is 24.5 Å². The van der Waals surface area contributed by atoms with Crippen molar-refractivity contribution < 1.29 is 27.8 Å². The number of nitrogens with one attached hydrogen (secondary N) is 1. The normalized spacial score (nSPS) is 11.6. The van der Waals surface area contributed by atoms with Crippen LogP contribution in [-0.2, 0) is 0 Å². The van der Waals surface area contributed by atoms with E-state index in [4.69, 9.17) is 33.2 Å². The molecule has 0 atom stereocenters. The van der Waals surface area contributed by atoms with E-state index in [1.54, 1.807) is 28.4 Å². The van der Waals surface area contributed by atoms with Gasteiger partial charge in [0.15, 0.2) is 23.0 Å². The Balaban J connectivity index is 1.65. The second-order valence-electron chi connectivity index (χ2n) is 9.48. The summed E-state index contributed by atoms with van der Waals surface area (Å²) in [5.41, 5.74) is 3.78. The van der Waals surface area contributed by atoms with Crippen molar-refractivity contribution >= 4 is 43.5 Å². The van der Waals surface area contributed by atoms with Crippen molar-refractivity contribution in [3.05, 3.63) is 78.4 Å². The van der Waals surface area contributed by atoms with Crippen molar-refractivity contribution in [3.63, 3.8) is 0 Å². The van der Waals surface area contributed by atoms with E-state index in [1.165, 1.54) is 0 Å². The third-order valence-corrected chi connectivity index (χ3v) is 7.54. The molecule has 0 radical (unpaired) electrons. The average Bonchev–Trinajstić information content (AvgIpc) is 3.39. The lowest BCUT2D eigenvalue weighted by Gasteiger charge is -2.15. The van der Waals surface area contributed by atoms with Gasteiger partial charge in [-0.25, -0.2) is 0 Å². The van der Waals surface area contributed by atoms with Gasteiger partial charge in [0.2, 0.25) is 5.55 Å². The van der Waals surface area contributed by atoms with E-state index in [-0.39, 0.29) is 5.55 Å². The summed E-state index contributed by atoms with van der Waals surface area (Å²) in [5, 5.41) is 14.7. The largest absolute Gasteiger partial charge is 0.493 e. The molecule has 0 bridgehead atoms. The molecule has 2 heterocycles. The molecule has 2 aromatic heterocycles. The van der Waals surface area contributed by atoms with Crippen LogP contribution >= 0.6 is 0 Å². The molecule has 1 N–H and O–H groups in total. The number of fused-ring (bicyclic) bond motifs is 2. The number of hydrogen-bond acceptors (Lipinski definition) is 7. The Morgan fingerprint density at radius 3 is 1.68 bits per heavy atom. The van der Waals surface area contributed by atoms with Gasteiger partial charge in [0.05, 0.1) is 34.0 Å². The Hall–Kier alpha value is -5.17. The van der Waals surface area contributed by atoms with Crippen LogP contribution in [0.5, 0.6) is 23.0 Å². The van der Waals surface area contributed by atoms with Crippen molar-refractivity contribution in [2.24, 2.45) is 0 Å². The van der Waals surface area contributed by atoms with Crippen LogP contribution in [0.1, 0.15) is 0 Å². The SMILES string of the molecule is COc1ccc(-c2oc3cccc4c5c(-c6ccc(OC)c(OC)c6)c(=N)oc6cccc(c2c34)c65)cc1OC. The smallest absolute Gasteiger partial charge is 0.220 e. The molecule has 0 unspecified atom stereocenters. The molecule has 7 rings (SSSR count). The Kier molecular flexibility index (Phi) is 5.35. The van der Waals surface area contributed by atoms with Crippen LogP contribution in [0.2, 0.25) is 0 Å². The van der Waals surface area contributed by atoms with Gasteiger partial charge < -0.3 is 27.8 Å². The van der Waals surface area contributed by atoms with Crippen LogP contribution in [0, 0.1) is 5.41 Å². The van der Waals surface area contributed by atoms with E-state index in [9.17, 15) is 0 Å². The first-order valence-corrected chi connectivity index (χ1v) is 12.7. The zero-order valence-corrected chi connectivity index (χ0v) is 22.4. The van der Waals surface area contributed by atoms with E-state index in [0.29, 0.717) is 34.1 Å². The molecule has 0 aliphatic rings. The molecular weight excluding hydrogens is 506 g/mol. The van der Waals surface area contributed by atoms with Crippen LogP contribution in [0.4, 0.5) is 0 Å². The summed E-state index contributed by atoms with van der Waals surface area (Å²) in [4.78, 5) is 0. The fourth-order valence-electron chi connectivity index (χ4n) is 5.81. The lowest BCUT2D eigenvalue weighted by atomic mass is 9.89. The molecule has 0 saturated heterocycles. The minimum absolute atomic E-state index is 0.0657. The summed E-state index contributed by atoms with van der Waals surface area (Å²) in [5.74, 6) is 3.18. The first-order chi connectivity index (χ1) is 19.6. The van der Waals surface area contributed by atoms with E-state index >= 15 is 0 Å². The van der Waals surface area contributed by atoms with E-state index in [2.05, 4.69) is 12.1 Å². The third-order valence-electron chi connectivity index (χ3n) is 7.54. The summed E-state index contributed by atoms with van der Waals surface area (Å²) >= 11 is 0. The molecule has 0 saturated carbocycles. The maximum atomic E-state index is 8.97. The molecule has 5 aromatic carbocycles. The predicted molar refractivity (Wildman–Crippen MR) is 155 cm³/mol. The monoisotopic (exact) mass is 531 g/mol. The molecular formula is C33H25NO6. The molecule has 0 amide bonds. The summed E-state index contributed by atoms with van der Waals surface area (Å²) in [7, 11) is 6.44. The first-order valence-electron chi connectivity index (χ1n) is 12.7. The quantitative estimate of drug-likeness (QED) is 0.174. The zero-order chi connectivity index (χ0) is 27.5. The Bertz CT molecular complexity index is 2140. The summed E-state index contributed by atoms with van der Waals surface area (Å²) < 4.78 is 34.8. The number of rotatable bonds is 6. The first kappa shape index (κ1) is 23.9. The highest BCUT2D eigenvalue weighted by atomic mass is 16.5. The molecule has 0 spiro atoms. The number of hydrogen-bond donors (Lipinski definition) is 1. The standard InChI is InChI=1S/C33H25NO6/c1-35-21-13-11-17(15-25(21)37-3)27-30-19-7-5-9-23-29(19)31(20-8-6-10-24(28(20)30)40-33(27)34)32(39-23)18-12-14-22(36-2)26(16-18)38-4/h5-16,34H,1-4H3. The number of benzene rings is 5. The predicted octanol–water partition coefficient (Wildman–Crippen LogP) is 7.77. The van der Waals surface area contributed by atoms with Crippen molar-refractivity contribution in [2.75, 3.05) is 28.4 Å². The second-order valence-corrected chi connectivity index (χ2v) is 9.48. The fourth-order valence-corrected chi connectivity index (χ4v) is 5.81. The summed E-state index contributed by atoms with van der Waals surface area (Å²) in [6, 6.07) is 23.4. The van der Waals surface area contributed by atoms with Gasteiger partial charge in [-0.2, -0.15) is 0 Å². The van der Waals surface area contributed by atoms with Crippen molar-refractivity contribution in [3.8, 4) is 45.4 Å². The Morgan fingerprint density at radius 1 is 0.525 bits per heavy atom. The molecule has 7 nitrogen and oxygen atoms in total. The van der Waals surface area contributed by atoms with E-state index in [1.807, 2.05) is 60.7 Å². The van der Waals surface area contributed by atoms with Gasteiger partial charge in [-0.3, -0.25) is 5.41 Å². The minimum atomic E-state index is 0.0657. The van der Waals surface area contributed by atoms with Gasteiger partial charge in [-0.05, 0) is 58.8 Å². The molecule has 198 valence electrons. The van der Waals surface area contributed by atoms with Gasteiger partial charge in [-0.1, -0.05) is 30.3 Å². The molecule has 0 aliphatic carbocycles. The topological polar surface area (TPSA) is 87.1 Å². The summed E-state index contributed by atoms with van der Waals surface area (Å²) in [6.45, 7) is 0. The van der Waals surface area contributed by atoms with Gasteiger partial charge in [0.25, 0.3) is 0 Å². The van der Waals surface area contributed by atoms with E-state index in [0.717, 1.165) is 54.8 Å². The molecule has 0 aliphatic heterocycles. The summed E-state index contributed by atoms with van der Waals surface area (Å²) in [6.07, 6.45) is 0. The molecule has 40 heavy (non-hydrogen) atoms. The van der Waals surface area contributed by atoms with Crippen molar-refractivity contribution in [2.45, 2.75) is 0 Å². The maximum absolute atomic E-state index is 8.97. The Morgan fingerprint density at radius 2 is 1.05 bits per heavy atom. The van der Waals surface area contributed by atoms with Crippen LogP contribution in [0.15, 0.2) is 81.6 Å².